The summed E-state index contributed by atoms with van der Waals surface area (Å²) in [4.78, 5) is 6.65. The molecule has 0 amide bonds. The van der Waals surface area contributed by atoms with E-state index in [1.54, 1.807) is 11.7 Å². The Labute approximate surface area is 175 Å². The largest absolute Gasteiger partial charge is 0.454 e. The van der Waals surface area contributed by atoms with Crippen LogP contribution in [0.1, 0.15) is 17.2 Å². The Hall–Kier alpha value is -2.01. The molecule has 4 rings (SSSR count). The molecule has 0 aliphatic carbocycles. The normalized spacial score (nSPS) is 19.0. The molecular formula is C18H24IN5O3. The van der Waals surface area contributed by atoms with Crippen LogP contribution in [0.25, 0.3) is 0 Å². The van der Waals surface area contributed by atoms with Crippen molar-refractivity contribution in [2.45, 2.75) is 12.6 Å². The third kappa shape index (κ3) is 4.29. The summed E-state index contributed by atoms with van der Waals surface area (Å²) in [5, 5.41) is 7.66. The second-order valence-corrected chi connectivity index (χ2v) is 6.30. The van der Waals surface area contributed by atoms with Gasteiger partial charge in [-0.25, -0.2) is 0 Å². The first-order valence-corrected chi connectivity index (χ1v) is 8.68. The summed E-state index contributed by atoms with van der Waals surface area (Å²) in [7, 11) is 3.71. The minimum atomic E-state index is -0.00583. The van der Waals surface area contributed by atoms with E-state index in [0.717, 1.165) is 41.7 Å². The zero-order chi connectivity index (χ0) is 17.9. The molecule has 1 unspecified atom stereocenters. The monoisotopic (exact) mass is 485 g/mol. The van der Waals surface area contributed by atoms with Crippen molar-refractivity contribution in [3.63, 3.8) is 0 Å². The number of hydrogen-bond donors (Lipinski definition) is 1. The lowest BCUT2D eigenvalue weighted by Gasteiger charge is -2.34. The summed E-state index contributed by atoms with van der Waals surface area (Å²) in [6.07, 6.45) is 3.85. The van der Waals surface area contributed by atoms with Crippen molar-refractivity contribution in [2.75, 3.05) is 33.5 Å². The first kappa shape index (κ1) is 19.7. The molecule has 1 aromatic carbocycles. The third-order valence-electron chi connectivity index (χ3n) is 4.59. The highest BCUT2D eigenvalue weighted by Gasteiger charge is 2.25. The molecule has 3 heterocycles. The Morgan fingerprint density at radius 2 is 2.26 bits per heavy atom. The molecule has 9 heteroatoms. The molecule has 2 aliphatic heterocycles. The number of aliphatic imine (C=N–C) groups is 1. The van der Waals surface area contributed by atoms with Crippen LogP contribution in [0, 0.1) is 0 Å². The van der Waals surface area contributed by atoms with Crippen LogP contribution in [0.15, 0.2) is 35.6 Å². The van der Waals surface area contributed by atoms with E-state index in [9.17, 15) is 0 Å². The number of para-hydroxylation sites is 1. The van der Waals surface area contributed by atoms with Crippen molar-refractivity contribution in [2.24, 2.45) is 12.0 Å². The molecule has 1 aromatic heterocycles. The van der Waals surface area contributed by atoms with Gasteiger partial charge in [0.2, 0.25) is 6.79 Å². The van der Waals surface area contributed by atoms with Crippen molar-refractivity contribution >= 4 is 29.9 Å². The maximum Gasteiger partial charge on any atom is 0.231 e. The fraction of sp³-hybridized carbons (Fsp3) is 0.444. The Bertz CT molecular complexity index is 810. The number of nitrogens with one attached hydrogen (secondary N) is 1. The molecular weight excluding hydrogens is 461 g/mol. The maximum atomic E-state index is 5.91. The molecule has 0 radical (unpaired) electrons. The quantitative estimate of drug-likeness (QED) is 0.407. The van der Waals surface area contributed by atoms with E-state index in [-0.39, 0.29) is 36.9 Å². The highest BCUT2D eigenvalue weighted by atomic mass is 127. The van der Waals surface area contributed by atoms with E-state index in [0.29, 0.717) is 13.2 Å². The molecule has 27 heavy (non-hydrogen) atoms. The van der Waals surface area contributed by atoms with Crippen LogP contribution in [-0.4, -0.2) is 54.2 Å². The number of ether oxygens (including phenoxy) is 3. The van der Waals surface area contributed by atoms with E-state index in [1.807, 2.05) is 37.6 Å². The van der Waals surface area contributed by atoms with Gasteiger partial charge in [0.1, 0.15) is 6.10 Å². The predicted molar refractivity (Wildman–Crippen MR) is 112 cm³/mol. The summed E-state index contributed by atoms with van der Waals surface area (Å²) in [6, 6.07) is 5.92. The predicted octanol–water partition coefficient (Wildman–Crippen LogP) is 1.92. The van der Waals surface area contributed by atoms with E-state index in [2.05, 4.69) is 20.3 Å². The SMILES string of the molecule is CN=C(NCc1cccc2c1OCO2)N1CCOC(c2cnn(C)c2)C1.I. The first-order valence-electron chi connectivity index (χ1n) is 8.68. The fourth-order valence-corrected chi connectivity index (χ4v) is 3.29. The molecule has 0 saturated carbocycles. The van der Waals surface area contributed by atoms with Crippen LogP contribution in [0.4, 0.5) is 0 Å². The average Bonchev–Trinajstić information content (AvgIpc) is 3.32. The van der Waals surface area contributed by atoms with Gasteiger partial charge >= 0.3 is 0 Å². The highest BCUT2D eigenvalue weighted by molar-refractivity contribution is 14.0. The lowest BCUT2D eigenvalue weighted by Crippen LogP contribution is -2.47. The van der Waals surface area contributed by atoms with Gasteiger partial charge in [0.25, 0.3) is 0 Å². The summed E-state index contributed by atoms with van der Waals surface area (Å²) in [5.41, 5.74) is 2.14. The molecule has 1 N–H and O–H groups in total. The van der Waals surface area contributed by atoms with E-state index in [1.165, 1.54) is 0 Å². The minimum absolute atomic E-state index is 0. The number of rotatable bonds is 3. The lowest BCUT2D eigenvalue weighted by molar-refractivity contribution is -0.00805. The van der Waals surface area contributed by atoms with Gasteiger partial charge in [0.05, 0.1) is 19.3 Å². The van der Waals surface area contributed by atoms with Crippen LogP contribution in [0.2, 0.25) is 0 Å². The van der Waals surface area contributed by atoms with Gasteiger partial charge in [-0.05, 0) is 6.07 Å². The van der Waals surface area contributed by atoms with Gasteiger partial charge in [0.15, 0.2) is 17.5 Å². The van der Waals surface area contributed by atoms with Gasteiger partial charge < -0.3 is 24.4 Å². The van der Waals surface area contributed by atoms with Crippen LogP contribution >= 0.6 is 24.0 Å². The molecule has 8 nitrogen and oxygen atoms in total. The topological polar surface area (TPSA) is 73.1 Å². The number of hydrogen-bond acceptors (Lipinski definition) is 5. The molecule has 2 aliphatic rings. The van der Waals surface area contributed by atoms with Crippen molar-refractivity contribution in [1.29, 1.82) is 0 Å². The fourth-order valence-electron chi connectivity index (χ4n) is 3.29. The number of benzene rings is 1. The molecule has 1 fully saturated rings. The molecule has 1 saturated heterocycles. The molecule has 2 aromatic rings. The second kappa shape index (κ2) is 8.79. The molecule has 0 bridgehead atoms. The number of morpholine rings is 1. The van der Waals surface area contributed by atoms with Gasteiger partial charge in [-0.15, -0.1) is 24.0 Å². The van der Waals surface area contributed by atoms with Gasteiger partial charge in [-0.3, -0.25) is 9.67 Å². The zero-order valence-electron chi connectivity index (χ0n) is 15.4. The summed E-state index contributed by atoms with van der Waals surface area (Å²) in [6.45, 7) is 3.07. The number of aromatic nitrogens is 2. The highest BCUT2D eigenvalue weighted by Crippen LogP contribution is 2.35. The number of nitrogens with zero attached hydrogens (tertiary/aromatic N) is 4. The Morgan fingerprint density at radius 1 is 1.37 bits per heavy atom. The number of halogens is 1. The Kier molecular flexibility index (Phi) is 6.42. The summed E-state index contributed by atoms with van der Waals surface area (Å²) in [5.74, 6) is 2.45. The number of aryl methyl sites for hydroxylation is 1. The van der Waals surface area contributed by atoms with Crippen molar-refractivity contribution in [1.82, 2.24) is 20.0 Å². The maximum absolute atomic E-state index is 5.91. The van der Waals surface area contributed by atoms with E-state index < -0.39 is 0 Å². The second-order valence-electron chi connectivity index (χ2n) is 6.30. The number of fused-ring (bicyclic) bond motifs is 1. The van der Waals surface area contributed by atoms with Crippen LogP contribution < -0.4 is 14.8 Å². The third-order valence-corrected chi connectivity index (χ3v) is 4.59. The molecule has 146 valence electrons. The van der Waals surface area contributed by atoms with Gasteiger partial charge in [0, 0.05) is 44.5 Å². The average molecular weight is 485 g/mol. The van der Waals surface area contributed by atoms with Crippen molar-refractivity contribution < 1.29 is 14.2 Å². The van der Waals surface area contributed by atoms with E-state index >= 15 is 0 Å². The smallest absolute Gasteiger partial charge is 0.231 e. The van der Waals surface area contributed by atoms with E-state index in [4.69, 9.17) is 14.2 Å². The van der Waals surface area contributed by atoms with Crippen LogP contribution in [0.3, 0.4) is 0 Å². The molecule has 1 atom stereocenters. The number of guanidine groups is 1. The van der Waals surface area contributed by atoms with Crippen LogP contribution in [-0.2, 0) is 18.3 Å². The Balaban J connectivity index is 0.00000210. The standard InChI is InChI=1S/C18H23N5O3.HI/c1-19-18(20-8-13-4-3-5-15-17(13)26-12-25-15)23-6-7-24-16(11-23)14-9-21-22(2)10-14;/h3-5,9-10,16H,6-8,11-12H2,1-2H3,(H,19,20);1H. The van der Waals surface area contributed by atoms with Gasteiger partial charge in [-0.1, -0.05) is 12.1 Å². The first-order chi connectivity index (χ1) is 12.7. The summed E-state index contributed by atoms with van der Waals surface area (Å²) >= 11 is 0. The minimum Gasteiger partial charge on any atom is -0.454 e. The Morgan fingerprint density at radius 3 is 3.04 bits per heavy atom. The zero-order valence-corrected chi connectivity index (χ0v) is 17.8. The van der Waals surface area contributed by atoms with Crippen LogP contribution in [0.5, 0.6) is 11.5 Å². The lowest BCUT2D eigenvalue weighted by atomic mass is 10.1. The van der Waals surface area contributed by atoms with Gasteiger partial charge in [-0.2, -0.15) is 5.10 Å². The molecule has 0 spiro atoms. The van der Waals surface area contributed by atoms with Crippen molar-refractivity contribution in [3.05, 3.63) is 41.7 Å². The van der Waals surface area contributed by atoms with Crippen molar-refractivity contribution in [3.8, 4) is 11.5 Å². The summed E-state index contributed by atoms with van der Waals surface area (Å²) < 4.78 is 18.7.